The fourth-order valence-corrected chi connectivity index (χ4v) is 19.7. The van der Waals surface area contributed by atoms with E-state index in [2.05, 4.69) is 62.3 Å². The van der Waals surface area contributed by atoms with E-state index in [1.807, 2.05) is 86.6 Å². The Morgan fingerprint density at radius 1 is 0.513 bits per heavy atom. The van der Waals surface area contributed by atoms with Crippen molar-refractivity contribution in [2.75, 3.05) is 6.61 Å². The van der Waals surface area contributed by atoms with Gasteiger partial charge in [0.15, 0.2) is 18.1 Å². The molecule has 2 aliphatic heterocycles. The number of aromatic hydroxyl groups is 3. The predicted octanol–water partition coefficient (Wildman–Crippen LogP) is 19.9. The highest BCUT2D eigenvalue weighted by Crippen LogP contribution is 2.63. The first-order valence-corrected chi connectivity index (χ1v) is 43.1. The summed E-state index contributed by atoms with van der Waals surface area (Å²) in [5, 5.41) is 48.9. The fraction of sp³-hybridized carbons (Fsp3) is 0.734. The molecule has 9 unspecified atom stereocenters. The van der Waals surface area contributed by atoms with Gasteiger partial charge in [0, 0.05) is 31.2 Å². The van der Waals surface area contributed by atoms with E-state index in [4.69, 9.17) is 38.3 Å². The molecule has 19 heteroatoms. The minimum absolute atomic E-state index is 0.0226. The molecular weight excluding hydrogens is 1430 g/mol. The van der Waals surface area contributed by atoms with E-state index in [1.165, 1.54) is 74.3 Å². The minimum atomic E-state index is -0.842. The summed E-state index contributed by atoms with van der Waals surface area (Å²) in [5.41, 5.74) is -1.58. The van der Waals surface area contributed by atoms with Gasteiger partial charge in [-0.2, -0.15) is 0 Å². The summed E-state index contributed by atoms with van der Waals surface area (Å²) in [6.45, 7) is 40.4. The van der Waals surface area contributed by atoms with Gasteiger partial charge in [0.25, 0.3) is 0 Å². The van der Waals surface area contributed by atoms with E-state index in [0.717, 1.165) is 102 Å². The lowest BCUT2D eigenvalue weighted by Crippen LogP contribution is -2.67. The van der Waals surface area contributed by atoms with Gasteiger partial charge in [-0.3, -0.25) is 24.0 Å². The predicted molar refractivity (Wildman–Crippen MR) is 435 cm³/mol. The number of rotatable bonds is 22. The van der Waals surface area contributed by atoms with Crippen molar-refractivity contribution in [3.05, 3.63) is 83.4 Å². The smallest absolute Gasteiger partial charge is 0.344 e. The second-order valence-electron chi connectivity index (χ2n) is 39.1. The molecule has 113 heavy (non-hydrogen) atoms. The van der Waals surface area contributed by atoms with Crippen LogP contribution in [0.5, 0.6) is 23.0 Å². The molecule has 0 amide bonds. The number of hydrogen-bond donors (Lipinski definition) is 5. The van der Waals surface area contributed by atoms with Gasteiger partial charge in [0.2, 0.25) is 0 Å². The van der Waals surface area contributed by atoms with Crippen LogP contribution in [0.15, 0.2) is 66.7 Å². The van der Waals surface area contributed by atoms with Gasteiger partial charge in [0.1, 0.15) is 40.5 Å². The maximum Gasteiger partial charge on any atom is 0.344 e. The molecule has 12 bridgehead atoms. The molecule has 0 spiro atoms. The standard InChI is InChI=1S/C19H32O2.C18H26O6.C17H18O4.C16H26O4.C14H26O2.C10H14O/c1-6-18(4,5)17(20)21-19(12(2)3)15-8-13-7-14(10-15)11-16(19)9-13;1-4-18(2,3)17(21)22-9-14(19)24-15-11-5-10-6-12(8-11)16(20)23-13(15)7-10;1-3-11(2)12-4-6-13(7-5-12)17(20)21-14-8-9-15(18)16(19)10-14;1-4-13(2,3)12(17)20-16-7-11-5-14(18,9-16)8-15(19,6-11)10-16;1-6-13(4,5)12(15)16-14(11(2)3)9-7-8-10-14;1-3-8(2)9-4-6-10(11)7-5-9/h12-16H,6-11H2,1-5H3;10-13,15H,4-9H2,1-3H3;4-11,18-19H,3H2,1-2H3;11,18-19H,4-10H2,1-3H3;11H,6-10H2,1-5H3;4-8,11H,3H2,1-2H3. The van der Waals surface area contributed by atoms with E-state index in [-0.39, 0.29) is 93.6 Å². The molecule has 13 fully saturated rings. The number of hydrogen-bond acceptors (Lipinski definition) is 19. The Morgan fingerprint density at radius 3 is 1.46 bits per heavy atom. The zero-order chi connectivity index (χ0) is 83.8. The highest BCUT2D eigenvalue weighted by atomic mass is 16.6. The molecule has 2 saturated heterocycles. The SMILES string of the molecule is CCC(C)(C)C(=O)OC1(C(C)C)C2CC3CC(C2)CC1C3.CCC(C)(C)C(=O)OC1(C(C)C)CCCC1.CCC(C)(C)C(=O)OC12CC3CC(O)(CC(O)(C3)C1)C2.CCC(C)(C)C(=O)OCC(=O)OC1C2CC3CC(C2)C(=O)OC1C3.CCC(C)c1ccc(C(=O)Oc2ccc(O)c(O)c2)cc1.CCC(C)c1ccc(O)cc1. The molecule has 2 heterocycles. The summed E-state index contributed by atoms with van der Waals surface area (Å²) in [5.74, 6) is 3.97. The fourth-order valence-electron chi connectivity index (χ4n) is 19.7. The first-order valence-electron chi connectivity index (χ1n) is 43.1. The lowest BCUT2D eigenvalue weighted by Gasteiger charge is -2.62. The molecule has 9 atom stereocenters. The second kappa shape index (κ2) is 37.3. The third kappa shape index (κ3) is 22.3. The summed E-state index contributed by atoms with van der Waals surface area (Å²) < 4.78 is 39.5. The molecule has 3 aromatic carbocycles. The summed E-state index contributed by atoms with van der Waals surface area (Å²) in [7, 11) is 0. The summed E-state index contributed by atoms with van der Waals surface area (Å²) in [6, 6.07) is 18.6. The molecular formula is C94H142O19. The van der Waals surface area contributed by atoms with Crippen molar-refractivity contribution in [2.24, 2.45) is 80.8 Å². The Balaban J connectivity index is 0.000000172. The maximum atomic E-state index is 12.8. The third-order valence-corrected chi connectivity index (χ3v) is 28.4. The Kier molecular flexibility index (Phi) is 30.3. The van der Waals surface area contributed by atoms with Crippen LogP contribution in [0.1, 0.15) is 332 Å². The van der Waals surface area contributed by atoms with Gasteiger partial charge in [-0.15, -0.1) is 0 Å². The monoisotopic (exact) mass is 1580 g/mol. The van der Waals surface area contributed by atoms with Crippen LogP contribution in [-0.2, 0) is 57.2 Å². The van der Waals surface area contributed by atoms with Crippen LogP contribution < -0.4 is 4.74 Å². The third-order valence-electron chi connectivity index (χ3n) is 28.4. The van der Waals surface area contributed by atoms with Gasteiger partial charge in [-0.25, -0.2) is 9.59 Å². The molecule has 13 aliphatic rings. The van der Waals surface area contributed by atoms with Crippen LogP contribution in [0, 0.1) is 80.8 Å². The Morgan fingerprint density at radius 2 is 0.991 bits per heavy atom. The molecule has 3 aromatic rings. The molecule has 0 aromatic heterocycles. The molecule has 0 radical (unpaired) electrons. The zero-order valence-electron chi connectivity index (χ0n) is 72.3. The number of phenolic OH excluding ortho intramolecular Hbond substituents is 3. The summed E-state index contributed by atoms with van der Waals surface area (Å²) in [6.07, 6.45) is 22.6. The number of carbonyl (C=O) groups is 7. The first-order chi connectivity index (χ1) is 52.8. The molecule has 5 N–H and O–H groups in total. The highest BCUT2D eigenvalue weighted by Gasteiger charge is 2.66. The second-order valence-corrected chi connectivity index (χ2v) is 39.1. The lowest BCUT2D eigenvalue weighted by molar-refractivity contribution is -0.264. The van der Waals surface area contributed by atoms with Gasteiger partial charge in [-0.05, 0) is 303 Å². The van der Waals surface area contributed by atoms with Crippen molar-refractivity contribution >= 4 is 41.8 Å². The number of aliphatic hydroxyl groups is 2. The molecule has 11 saturated carbocycles. The Labute approximate surface area is 675 Å². The normalized spacial score (nSPS) is 29.6. The average molecular weight is 1580 g/mol. The number of carbonyl (C=O) groups excluding carboxylic acids is 7. The van der Waals surface area contributed by atoms with Crippen LogP contribution in [0.25, 0.3) is 0 Å². The quantitative estimate of drug-likeness (QED) is 0.0270. The van der Waals surface area contributed by atoms with Crippen molar-refractivity contribution in [3.63, 3.8) is 0 Å². The lowest BCUT2D eigenvalue weighted by atomic mass is 9.47. The summed E-state index contributed by atoms with van der Waals surface area (Å²) >= 11 is 0. The summed E-state index contributed by atoms with van der Waals surface area (Å²) in [4.78, 5) is 85.4. The zero-order valence-corrected chi connectivity index (χ0v) is 72.3. The number of benzene rings is 3. The largest absolute Gasteiger partial charge is 0.508 e. The van der Waals surface area contributed by atoms with Crippen molar-refractivity contribution in [2.45, 2.75) is 351 Å². The van der Waals surface area contributed by atoms with E-state index in [1.54, 1.807) is 38.1 Å². The van der Waals surface area contributed by atoms with Gasteiger partial charge in [-0.1, -0.05) is 107 Å². The molecule has 16 rings (SSSR count). The highest BCUT2D eigenvalue weighted by molar-refractivity contribution is 5.91. The molecule has 632 valence electrons. The number of phenols is 3. The van der Waals surface area contributed by atoms with Crippen LogP contribution in [0.4, 0.5) is 0 Å². The topological polar surface area (TPSA) is 285 Å². The van der Waals surface area contributed by atoms with Crippen molar-refractivity contribution < 1.29 is 92.3 Å². The first kappa shape index (κ1) is 91.8. The number of fused-ring (bicyclic) bond motifs is 1. The maximum absolute atomic E-state index is 12.8. The van der Waals surface area contributed by atoms with Crippen molar-refractivity contribution in [3.8, 4) is 23.0 Å². The van der Waals surface area contributed by atoms with Crippen molar-refractivity contribution in [1.29, 1.82) is 0 Å². The van der Waals surface area contributed by atoms with Gasteiger partial charge >= 0.3 is 41.8 Å². The van der Waals surface area contributed by atoms with Crippen LogP contribution in [0.3, 0.4) is 0 Å². The van der Waals surface area contributed by atoms with Crippen LogP contribution in [-0.4, -0.2) is 114 Å². The van der Waals surface area contributed by atoms with Crippen LogP contribution in [0.2, 0.25) is 0 Å². The van der Waals surface area contributed by atoms with E-state index >= 15 is 0 Å². The van der Waals surface area contributed by atoms with Crippen LogP contribution >= 0.6 is 0 Å². The van der Waals surface area contributed by atoms with Crippen molar-refractivity contribution in [1.82, 2.24) is 0 Å². The Bertz CT molecular complexity index is 3660. The molecule has 19 nitrogen and oxygen atoms in total. The van der Waals surface area contributed by atoms with Gasteiger partial charge < -0.3 is 58.7 Å². The average Bonchev–Trinajstić information content (AvgIpc) is 1.23. The minimum Gasteiger partial charge on any atom is -0.508 e. The number of esters is 7. The number of ether oxygens (including phenoxy) is 7. The molecule has 11 aliphatic carbocycles. The van der Waals surface area contributed by atoms with E-state index in [0.29, 0.717) is 78.4 Å². The van der Waals surface area contributed by atoms with E-state index < -0.39 is 51.6 Å². The Hall–Kier alpha value is -6.73. The van der Waals surface area contributed by atoms with Gasteiger partial charge in [0.05, 0.1) is 44.3 Å². The van der Waals surface area contributed by atoms with E-state index in [9.17, 15) is 54.0 Å².